The molecule has 1 fully saturated rings. The third kappa shape index (κ3) is 5.02. The van der Waals surface area contributed by atoms with E-state index in [4.69, 9.17) is 4.74 Å². The fourth-order valence-electron chi connectivity index (χ4n) is 2.85. The number of likely N-dealkylation sites (tertiary alicyclic amines) is 1. The number of ether oxygens (including phenoxy) is 1. The van der Waals surface area contributed by atoms with E-state index in [1.54, 1.807) is 19.2 Å². The minimum absolute atomic E-state index is 0.447. The summed E-state index contributed by atoms with van der Waals surface area (Å²) < 4.78 is 32.0. The zero-order valence-electron chi connectivity index (χ0n) is 12.6. The zero-order valence-corrected chi connectivity index (χ0v) is 12.6. The summed E-state index contributed by atoms with van der Waals surface area (Å²) in [5.74, 6) is -0.910. The van der Waals surface area contributed by atoms with Gasteiger partial charge in [0.15, 0.2) is 11.6 Å². The highest BCUT2D eigenvalue weighted by molar-refractivity contribution is 5.18. The summed E-state index contributed by atoms with van der Waals surface area (Å²) in [6, 6.07) is 4.40. The van der Waals surface area contributed by atoms with Crippen LogP contribution < -0.4 is 5.32 Å². The first kappa shape index (κ1) is 16.3. The molecule has 21 heavy (non-hydrogen) atoms. The van der Waals surface area contributed by atoms with Gasteiger partial charge in [-0.25, -0.2) is 8.78 Å². The average Bonchev–Trinajstić information content (AvgIpc) is 2.49. The van der Waals surface area contributed by atoms with Crippen LogP contribution in [0, 0.1) is 17.6 Å². The first-order chi connectivity index (χ1) is 10.2. The molecule has 118 valence electrons. The minimum atomic E-state index is -0.762. The van der Waals surface area contributed by atoms with Crippen LogP contribution in [0.5, 0.6) is 0 Å². The molecular weight excluding hydrogens is 274 g/mol. The van der Waals surface area contributed by atoms with E-state index < -0.39 is 11.6 Å². The molecule has 1 N–H and O–H groups in total. The van der Waals surface area contributed by atoms with E-state index in [1.807, 2.05) is 0 Å². The molecule has 0 saturated carbocycles. The highest BCUT2D eigenvalue weighted by Gasteiger charge is 2.21. The van der Waals surface area contributed by atoms with E-state index in [0.717, 1.165) is 38.7 Å². The summed E-state index contributed by atoms with van der Waals surface area (Å²) in [6.45, 7) is 4.88. The largest absolute Gasteiger partial charge is 0.383 e. The molecule has 1 aliphatic heterocycles. The Morgan fingerprint density at radius 2 is 2.24 bits per heavy atom. The van der Waals surface area contributed by atoms with E-state index in [1.165, 1.54) is 6.42 Å². The molecule has 0 aromatic heterocycles. The van der Waals surface area contributed by atoms with Crippen molar-refractivity contribution in [1.82, 2.24) is 10.2 Å². The van der Waals surface area contributed by atoms with Crippen molar-refractivity contribution in [2.75, 3.05) is 39.9 Å². The number of hydrogen-bond donors (Lipinski definition) is 1. The van der Waals surface area contributed by atoms with Gasteiger partial charge in [-0.05, 0) is 37.9 Å². The van der Waals surface area contributed by atoms with Crippen molar-refractivity contribution in [3.8, 4) is 0 Å². The van der Waals surface area contributed by atoms with Crippen molar-refractivity contribution >= 4 is 0 Å². The van der Waals surface area contributed by atoms with Gasteiger partial charge in [-0.3, -0.25) is 4.90 Å². The molecule has 0 aliphatic carbocycles. The molecule has 1 atom stereocenters. The Morgan fingerprint density at radius 1 is 1.38 bits per heavy atom. The van der Waals surface area contributed by atoms with Crippen molar-refractivity contribution in [3.63, 3.8) is 0 Å². The van der Waals surface area contributed by atoms with Crippen LogP contribution >= 0.6 is 0 Å². The summed E-state index contributed by atoms with van der Waals surface area (Å²) in [4.78, 5) is 2.21. The predicted molar refractivity (Wildman–Crippen MR) is 79.1 cm³/mol. The van der Waals surface area contributed by atoms with Crippen molar-refractivity contribution in [2.45, 2.75) is 19.4 Å². The predicted octanol–water partition coefficient (Wildman–Crippen LogP) is 2.41. The molecule has 1 aromatic carbocycles. The topological polar surface area (TPSA) is 24.5 Å². The summed E-state index contributed by atoms with van der Waals surface area (Å²) >= 11 is 0. The van der Waals surface area contributed by atoms with Crippen LogP contribution in [0.4, 0.5) is 8.78 Å². The summed E-state index contributed by atoms with van der Waals surface area (Å²) in [6.07, 6.45) is 2.29. The van der Waals surface area contributed by atoms with Crippen molar-refractivity contribution in [2.24, 2.45) is 5.92 Å². The molecule has 3 nitrogen and oxygen atoms in total. The van der Waals surface area contributed by atoms with Gasteiger partial charge in [0.1, 0.15) is 0 Å². The lowest BCUT2D eigenvalue weighted by Crippen LogP contribution is -2.39. The quantitative estimate of drug-likeness (QED) is 0.782. The number of benzene rings is 1. The van der Waals surface area contributed by atoms with Gasteiger partial charge in [0, 0.05) is 32.3 Å². The molecule has 2 rings (SSSR count). The Hall–Kier alpha value is -1.04. The van der Waals surface area contributed by atoms with Crippen molar-refractivity contribution < 1.29 is 13.5 Å². The third-order valence-electron chi connectivity index (χ3n) is 3.94. The summed E-state index contributed by atoms with van der Waals surface area (Å²) in [7, 11) is 1.69. The third-order valence-corrected chi connectivity index (χ3v) is 3.94. The first-order valence-electron chi connectivity index (χ1n) is 7.55. The molecule has 0 radical (unpaired) electrons. The normalized spacial score (nSPS) is 19.9. The Labute approximate surface area is 125 Å². The van der Waals surface area contributed by atoms with Gasteiger partial charge in [-0.1, -0.05) is 12.1 Å². The second-order valence-corrected chi connectivity index (χ2v) is 5.65. The number of nitrogens with one attached hydrogen (secondary N) is 1. The molecular formula is C16H24F2N2O. The molecule has 0 bridgehead atoms. The van der Waals surface area contributed by atoms with Gasteiger partial charge >= 0.3 is 0 Å². The van der Waals surface area contributed by atoms with Gasteiger partial charge in [-0.15, -0.1) is 0 Å². The number of methoxy groups -OCH3 is 1. The number of rotatable bonds is 7. The van der Waals surface area contributed by atoms with Gasteiger partial charge in [0.05, 0.1) is 6.61 Å². The first-order valence-corrected chi connectivity index (χ1v) is 7.55. The van der Waals surface area contributed by atoms with Crippen LogP contribution in [0.1, 0.15) is 18.4 Å². The molecule has 1 heterocycles. The standard InChI is InChI=1S/C16H24F2N2O/c1-21-9-7-19-10-13-4-3-8-20(11-13)12-14-5-2-6-15(17)16(14)18/h2,5-6,13,19H,3-4,7-12H2,1H3. The monoisotopic (exact) mass is 298 g/mol. The van der Waals surface area contributed by atoms with E-state index in [9.17, 15) is 8.78 Å². The second kappa shape index (κ2) is 8.41. The molecule has 5 heteroatoms. The molecule has 1 aromatic rings. The number of piperidine rings is 1. The van der Waals surface area contributed by atoms with Crippen LogP contribution in [0.2, 0.25) is 0 Å². The van der Waals surface area contributed by atoms with Crippen LogP contribution in [0.3, 0.4) is 0 Å². The fraction of sp³-hybridized carbons (Fsp3) is 0.625. The second-order valence-electron chi connectivity index (χ2n) is 5.65. The number of hydrogen-bond acceptors (Lipinski definition) is 3. The van der Waals surface area contributed by atoms with Crippen molar-refractivity contribution in [1.29, 1.82) is 0 Å². The Bertz CT molecular complexity index is 442. The lowest BCUT2D eigenvalue weighted by atomic mass is 9.97. The Balaban J connectivity index is 1.82. The average molecular weight is 298 g/mol. The molecule has 1 aliphatic rings. The zero-order chi connectivity index (χ0) is 15.1. The van der Waals surface area contributed by atoms with Crippen LogP contribution in [0.25, 0.3) is 0 Å². The SMILES string of the molecule is COCCNCC1CCCN(Cc2cccc(F)c2F)C1. The van der Waals surface area contributed by atoms with Gasteiger partial charge < -0.3 is 10.1 Å². The number of halogens is 2. The molecule has 0 amide bonds. The Morgan fingerprint density at radius 3 is 3.05 bits per heavy atom. The lowest BCUT2D eigenvalue weighted by Gasteiger charge is -2.33. The van der Waals surface area contributed by atoms with Crippen LogP contribution in [-0.4, -0.2) is 44.8 Å². The molecule has 0 spiro atoms. The number of nitrogens with zero attached hydrogens (tertiary/aromatic N) is 1. The minimum Gasteiger partial charge on any atom is -0.383 e. The van der Waals surface area contributed by atoms with E-state index in [2.05, 4.69) is 10.2 Å². The maximum atomic E-state index is 13.7. The van der Waals surface area contributed by atoms with Gasteiger partial charge in [0.2, 0.25) is 0 Å². The van der Waals surface area contributed by atoms with E-state index in [-0.39, 0.29) is 0 Å². The maximum absolute atomic E-state index is 13.7. The maximum Gasteiger partial charge on any atom is 0.163 e. The van der Waals surface area contributed by atoms with Crippen molar-refractivity contribution in [3.05, 3.63) is 35.4 Å². The highest BCUT2D eigenvalue weighted by Crippen LogP contribution is 2.20. The van der Waals surface area contributed by atoms with Gasteiger partial charge in [0.25, 0.3) is 0 Å². The Kier molecular flexibility index (Phi) is 6.54. The van der Waals surface area contributed by atoms with Crippen LogP contribution in [-0.2, 0) is 11.3 Å². The van der Waals surface area contributed by atoms with E-state index in [0.29, 0.717) is 24.6 Å². The highest BCUT2D eigenvalue weighted by atomic mass is 19.2. The smallest absolute Gasteiger partial charge is 0.163 e. The van der Waals surface area contributed by atoms with Crippen LogP contribution in [0.15, 0.2) is 18.2 Å². The lowest BCUT2D eigenvalue weighted by molar-refractivity contribution is 0.157. The van der Waals surface area contributed by atoms with E-state index >= 15 is 0 Å². The molecule has 1 saturated heterocycles. The summed E-state index contributed by atoms with van der Waals surface area (Å²) in [5.41, 5.74) is 0.447. The van der Waals surface area contributed by atoms with Gasteiger partial charge in [-0.2, -0.15) is 0 Å². The summed E-state index contributed by atoms with van der Waals surface area (Å²) in [5, 5.41) is 3.38. The fourth-order valence-corrected chi connectivity index (χ4v) is 2.85. The molecule has 1 unspecified atom stereocenters.